The van der Waals surface area contributed by atoms with E-state index in [0.717, 1.165) is 55.5 Å². The number of para-hydroxylation sites is 3. The third-order valence-electron chi connectivity index (χ3n) is 11.7. The van der Waals surface area contributed by atoms with E-state index >= 15 is 0 Å². The second-order valence-corrected chi connectivity index (χ2v) is 14.9. The lowest BCUT2D eigenvalue weighted by atomic mass is 10.0. The van der Waals surface area contributed by atoms with Crippen molar-refractivity contribution in [2.45, 2.75) is 0 Å². The van der Waals surface area contributed by atoms with Gasteiger partial charge in [-0.25, -0.2) is 0 Å². The largest absolute Gasteiger partial charge is 0.456 e. The van der Waals surface area contributed by atoms with Crippen LogP contribution >= 0.6 is 0 Å². The van der Waals surface area contributed by atoms with Crippen molar-refractivity contribution >= 4 is 65.6 Å². The van der Waals surface area contributed by atoms with Crippen LogP contribution in [0.1, 0.15) is 0 Å². The van der Waals surface area contributed by atoms with Crippen LogP contribution in [-0.2, 0) is 0 Å². The predicted molar refractivity (Wildman–Crippen MR) is 239 cm³/mol. The SMILES string of the molecule is c1ccc(-c2cccc(-n3c4ccccc4c4ccc(-c5ccc6c(c5)c5ccccc5n6-c5cc(-c6ccccc6)cc6oc7ccccc7c56)cc43)c2)cc1. The first-order valence-electron chi connectivity index (χ1n) is 19.5. The van der Waals surface area contributed by atoms with Crippen molar-refractivity contribution in [1.82, 2.24) is 9.13 Å². The molecule has 0 N–H and O–H groups in total. The van der Waals surface area contributed by atoms with Crippen molar-refractivity contribution in [2.75, 3.05) is 0 Å². The zero-order valence-corrected chi connectivity index (χ0v) is 30.9. The van der Waals surface area contributed by atoms with Gasteiger partial charge in [0.15, 0.2) is 0 Å². The first-order chi connectivity index (χ1) is 28.3. The van der Waals surface area contributed by atoms with E-state index in [9.17, 15) is 0 Å². The smallest absolute Gasteiger partial charge is 0.138 e. The van der Waals surface area contributed by atoms with Crippen molar-refractivity contribution in [1.29, 1.82) is 0 Å². The summed E-state index contributed by atoms with van der Waals surface area (Å²) < 4.78 is 11.4. The minimum absolute atomic E-state index is 0.883. The van der Waals surface area contributed by atoms with Crippen molar-refractivity contribution < 1.29 is 4.42 Å². The highest BCUT2D eigenvalue weighted by Gasteiger charge is 2.20. The topological polar surface area (TPSA) is 23.0 Å². The number of nitrogens with zero attached hydrogens (tertiary/aromatic N) is 2. The molecule has 0 saturated heterocycles. The van der Waals surface area contributed by atoms with Crippen LogP contribution in [0.3, 0.4) is 0 Å². The van der Waals surface area contributed by atoms with Gasteiger partial charge in [0.05, 0.1) is 33.1 Å². The third kappa shape index (κ3) is 4.92. The molecule has 0 amide bonds. The van der Waals surface area contributed by atoms with Crippen LogP contribution in [0.25, 0.3) is 110 Å². The number of aromatic nitrogens is 2. The second kappa shape index (κ2) is 12.5. The van der Waals surface area contributed by atoms with E-state index in [4.69, 9.17) is 4.42 Å². The number of fused-ring (bicyclic) bond motifs is 9. The lowest BCUT2D eigenvalue weighted by Crippen LogP contribution is -1.96. The first kappa shape index (κ1) is 31.7. The van der Waals surface area contributed by atoms with E-state index in [1.54, 1.807) is 0 Å². The molecule has 57 heavy (non-hydrogen) atoms. The molecule has 3 heterocycles. The Bertz CT molecular complexity index is 3510. The Morgan fingerprint density at radius 1 is 0.281 bits per heavy atom. The van der Waals surface area contributed by atoms with E-state index in [1.165, 1.54) is 54.8 Å². The Morgan fingerprint density at radius 3 is 1.63 bits per heavy atom. The summed E-state index contributed by atoms with van der Waals surface area (Å²) in [5, 5.41) is 7.15. The number of furan rings is 1. The Hall–Kier alpha value is -7.62. The number of benzene rings is 9. The Kier molecular flexibility index (Phi) is 6.93. The molecular formula is C54H34N2O. The number of hydrogen-bond donors (Lipinski definition) is 0. The van der Waals surface area contributed by atoms with Gasteiger partial charge in [0.1, 0.15) is 11.2 Å². The second-order valence-electron chi connectivity index (χ2n) is 14.9. The Morgan fingerprint density at radius 2 is 0.842 bits per heavy atom. The highest BCUT2D eigenvalue weighted by molar-refractivity contribution is 6.16. The van der Waals surface area contributed by atoms with Crippen molar-refractivity contribution in [2.24, 2.45) is 0 Å². The molecule has 9 aromatic carbocycles. The third-order valence-corrected chi connectivity index (χ3v) is 11.7. The fourth-order valence-corrected chi connectivity index (χ4v) is 9.10. The van der Waals surface area contributed by atoms with Crippen LogP contribution in [0.15, 0.2) is 211 Å². The van der Waals surface area contributed by atoms with E-state index in [2.05, 4.69) is 209 Å². The van der Waals surface area contributed by atoms with E-state index in [0.29, 0.717) is 0 Å². The van der Waals surface area contributed by atoms with Crippen LogP contribution in [0, 0.1) is 0 Å². The standard InChI is InChI=1S/C54H34N2O/c1-3-14-35(15-4-1)37-18-13-19-41(30-37)55-47-23-10-7-20-42(47)44-28-26-39(32-50(44)55)38-27-29-49-46(31-38)43-21-8-11-24-48(43)56(49)51-33-40(36-16-5-2-6-17-36)34-53-54(51)45-22-9-12-25-52(45)57-53/h1-34H. The van der Waals surface area contributed by atoms with Gasteiger partial charge in [-0.3, -0.25) is 0 Å². The molecule has 0 bridgehead atoms. The summed E-state index contributed by atoms with van der Waals surface area (Å²) in [5.41, 5.74) is 15.8. The van der Waals surface area contributed by atoms with Crippen molar-refractivity contribution in [3.8, 4) is 44.8 Å². The van der Waals surface area contributed by atoms with Crippen LogP contribution in [-0.4, -0.2) is 9.13 Å². The quantitative estimate of drug-likeness (QED) is 0.173. The molecule has 0 aliphatic rings. The monoisotopic (exact) mass is 726 g/mol. The molecule has 12 rings (SSSR count). The molecular weight excluding hydrogens is 693 g/mol. The maximum absolute atomic E-state index is 6.57. The molecule has 266 valence electrons. The summed E-state index contributed by atoms with van der Waals surface area (Å²) in [4.78, 5) is 0. The summed E-state index contributed by atoms with van der Waals surface area (Å²) in [6.07, 6.45) is 0. The summed E-state index contributed by atoms with van der Waals surface area (Å²) in [6.45, 7) is 0. The van der Waals surface area contributed by atoms with E-state index < -0.39 is 0 Å². The van der Waals surface area contributed by atoms with Gasteiger partial charge in [0, 0.05) is 32.6 Å². The zero-order valence-electron chi connectivity index (χ0n) is 30.9. The number of hydrogen-bond acceptors (Lipinski definition) is 1. The predicted octanol–water partition coefficient (Wildman–Crippen LogP) is 14.8. The fraction of sp³-hybridized carbons (Fsp3) is 0. The lowest BCUT2D eigenvalue weighted by molar-refractivity contribution is 0.669. The summed E-state index contributed by atoms with van der Waals surface area (Å²) in [7, 11) is 0. The van der Waals surface area contributed by atoms with Crippen LogP contribution in [0.2, 0.25) is 0 Å². The zero-order chi connectivity index (χ0) is 37.5. The van der Waals surface area contributed by atoms with Gasteiger partial charge in [-0.15, -0.1) is 0 Å². The summed E-state index contributed by atoms with van der Waals surface area (Å²) in [6, 6.07) is 74.5. The summed E-state index contributed by atoms with van der Waals surface area (Å²) >= 11 is 0. The molecule has 12 aromatic rings. The average Bonchev–Trinajstić information content (AvgIpc) is 3.94. The molecule has 0 unspecified atom stereocenters. The van der Waals surface area contributed by atoms with Crippen LogP contribution < -0.4 is 0 Å². The van der Waals surface area contributed by atoms with E-state index in [1.807, 2.05) is 6.07 Å². The Balaban J connectivity index is 1.08. The number of rotatable bonds is 5. The van der Waals surface area contributed by atoms with Crippen LogP contribution in [0.5, 0.6) is 0 Å². The van der Waals surface area contributed by atoms with Gasteiger partial charge < -0.3 is 13.6 Å². The van der Waals surface area contributed by atoms with Gasteiger partial charge >= 0.3 is 0 Å². The normalized spacial score (nSPS) is 11.9. The van der Waals surface area contributed by atoms with Crippen LogP contribution in [0.4, 0.5) is 0 Å². The fourth-order valence-electron chi connectivity index (χ4n) is 9.10. The molecule has 0 atom stereocenters. The molecule has 0 fully saturated rings. The minimum Gasteiger partial charge on any atom is -0.456 e. The van der Waals surface area contributed by atoms with Gasteiger partial charge in [0.25, 0.3) is 0 Å². The maximum atomic E-state index is 6.57. The molecule has 0 aliphatic carbocycles. The maximum Gasteiger partial charge on any atom is 0.138 e. The highest BCUT2D eigenvalue weighted by Crippen LogP contribution is 2.43. The molecule has 0 aliphatic heterocycles. The lowest BCUT2D eigenvalue weighted by Gasteiger charge is -2.13. The van der Waals surface area contributed by atoms with E-state index in [-0.39, 0.29) is 0 Å². The van der Waals surface area contributed by atoms with Crippen molar-refractivity contribution in [3.63, 3.8) is 0 Å². The highest BCUT2D eigenvalue weighted by atomic mass is 16.3. The molecule has 0 saturated carbocycles. The average molecular weight is 727 g/mol. The van der Waals surface area contributed by atoms with Gasteiger partial charge in [-0.05, 0) is 94.0 Å². The minimum atomic E-state index is 0.883. The Labute approximate surface area is 328 Å². The van der Waals surface area contributed by atoms with Gasteiger partial charge in [-0.1, -0.05) is 146 Å². The molecule has 0 spiro atoms. The molecule has 3 nitrogen and oxygen atoms in total. The van der Waals surface area contributed by atoms with Gasteiger partial charge in [0.2, 0.25) is 0 Å². The van der Waals surface area contributed by atoms with Gasteiger partial charge in [-0.2, -0.15) is 0 Å². The van der Waals surface area contributed by atoms with Crippen molar-refractivity contribution in [3.05, 3.63) is 206 Å². The summed E-state index contributed by atoms with van der Waals surface area (Å²) in [5.74, 6) is 0. The molecule has 3 aromatic heterocycles. The molecule has 3 heteroatoms. The molecule has 0 radical (unpaired) electrons. The first-order valence-corrected chi connectivity index (χ1v) is 19.5.